The minimum Gasteiger partial charge on any atom is -0.245 e. The van der Waals surface area contributed by atoms with Crippen molar-refractivity contribution in [2.45, 2.75) is 18.6 Å². The molecule has 0 aliphatic heterocycles. The highest BCUT2D eigenvalue weighted by Gasteiger charge is 2.36. The molecule has 3 nitrogen and oxygen atoms in total. The van der Waals surface area contributed by atoms with E-state index in [1.807, 2.05) is 0 Å². The lowest BCUT2D eigenvalue weighted by atomic mass is 10.1. The van der Waals surface area contributed by atoms with Crippen LogP contribution in [0, 0.1) is 5.82 Å². The molecule has 0 bridgehead atoms. The summed E-state index contributed by atoms with van der Waals surface area (Å²) < 4.78 is 40.2. The lowest BCUT2D eigenvalue weighted by Gasteiger charge is -2.14. The van der Waals surface area contributed by atoms with Crippen LogP contribution in [0.4, 0.5) is 8.78 Å². The van der Waals surface area contributed by atoms with Crippen molar-refractivity contribution >= 4 is 22.8 Å². The van der Waals surface area contributed by atoms with Crippen LogP contribution in [0.25, 0.3) is 0 Å². The fourth-order valence-corrected chi connectivity index (χ4v) is 2.72. The maximum Gasteiger partial charge on any atom is 0.165 e. The maximum atomic E-state index is 13.6. The molecule has 0 saturated heterocycles. The van der Waals surface area contributed by atoms with Crippen LogP contribution >= 0.6 is 11.6 Å². The summed E-state index contributed by atoms with van der Waals surface area (Å²) in [5.74, 6) is -0.505. The molecule has 2 unspecified atom stereocenters. The first-order chi connectivity index (χ1) is 7.50. The van der Waals surface area contributed by atoms with Crippen LogP contribution in [0.3, 0.4) is 0 Å². The first-order valence-electron chi connectivity index (χ1n) is 4.54. The van der Waals surface area contributed by atoms with Crippen molar-refractivity contribution in [3.05, 3.63) is 34.1 Å². The number of halogens is 3. The first-order valence-corrected chi connectivity index (χ1v) is 6.13. The Morgan fingerprint density at radius 3 is 2.88 bits per heavy atom. The fourth-order valence-electron chi connectivity index (χ4n) is 1.90. The lowest BCUT2D eigenvalue weighted by molar-refractivity contribution is 0.291. The van der Waals surface area contributed by atoms with Gasteiger partial charge in [0.25, 0.3) is 0 Å². The summed E-state index contributed by atoms with van der Waals surface area (Å²) in [4.78, 5) is 0. The fraction of sp³-hybridized carbons (Fsp3) is 0.333. The second-order valence-corrected chi connectivity index (χ2v) is 4.77. The molecular weight excluding hydrogens is 258 g/mol. The molecule has 0 aromatic heterocycles. The predicted molar refractivity (Wildman–Crippen MR) is 58.2 cm³/mol. The topological polar surface area (TPSA) is 55.1 Å². The Balaban J connectivity index is 2.47. The Morgan fingerprint density at radius 1 is 1.56 bits per heavy atom. The molecule has 1 aromatic carbocycles. The molecule has 88 valence electrons. The number of benzene rings is 1. The molecule has 3 atom stereocenters. The molecule has 1 aliphatic rings. The zero-order chi connectivity index (χ0) is 11.9. The summed E-state index contributed by atoms with van der Waals surface area (Å²) in [5, 5.41) is 5.29. The van der Waals surface area contributed by atoms with Crippen molar-refractivity contribution in [1.82, 2.24) is 4.72 Å². The Hall–Kier alpha value is -0.560. The quantitative estimate of drug-likeness (QED) is 0.838. The molecule has 1 aliphatic carbocycles. The summed E-state index contributed by atoms with van der Waals surface area (Å²) in [6, 6.07) is 1.63. The van der Waals surface area contributed by atoms with E-state index >= 15 is 0 Å². The van der Waals surface area contributed by atoms with Gasteiger partial charge in [0.05, 0.1) is 6.04 Å². The molecule has 1 aromatic rings. The first kappa shape index (κ1) is 11.9. The van der Waals surface area contributed by atoms with E-state index < -0.39 is 29.2 Å². The molecule has 0 radical (unpaired) electrons. The van der Waals surface area contributed by atoms with Crippen molar-refractivity contribution in [1.29, 1.82) is 0 Å². The van der Waals surface area contributed by atoms with Crippen LogP contribution < -0.4 is 9.86 Å². The average Bonchev–Trinajstić information content (AvgIpc) is 2.51. The lowest BCUT2D eigenvalue weighted by Crippen LogP contribution is -2.32. The molecule has 16 heavy (non-hydrogen) atoms. The number of fused-ring (bicyclic) bond motifs is 1. The minimum absolute atomic E-state index is 0.0867. The van der Waals surface area contributed by atoms with Gasteiger partial charge in [0.2, 0.25) is 0 Å². The van der Waals surface area contributed by atoms with Crippen LogP contribution in [-0.4, -0.2) is 10.4 Å². The largest absolute Gasteiger partial charge is 0.245 e. The van der Waals surface area contributed by atoms with Crippen LogP contribution in [0.1, 0.15) is 17.2 Å². The SMILES string of the molecule is NS(=O)NC1c2c(Cl)ccc(F)c2C[C@H]1F. The molecular formula is C9H9ClF2N2OS. The van der Waals surface area contributed by atoms with E-state index in [0.29, 0.717) is 5.56 Å². The minimum atomic E-state index is -1.87. The summed E-state index contributed by atoms with van der Waals surface area (Å²) in [7, 11) is 0. The third-order valence-corrected chi connectivity index (χ3v) is 3.38. The van der Waals surface area contributed by atoms with Crippen molar-refractivity contribution < 1.29 is 13.0 Å². The van der Waals surface area contributed by atoms with E-state index in [1.54, 1.807) is 0 Å². The van der Waals surface area contributed by atoms with Crippen LogP contribution in [0.5, 0.6) is 0 Å². The van der Waals surface area contributed by atoms with Crippen LogP contribution in [-0.2, 0) is 17.6 Å². The highest BCUT2D eigenvalue weighted by atomic mass is 35.5. The Morgan fingerprint density at radius 2 is 2.25 bits per heavy atom. The predicted octanol–water partition coefficient (Wildman–Crippen LogP) is 1.54. The van der Waals surface area contributed by atoms with E-state index in [2.05, 4.69) is 4.72 Å². The van der Waals surface area contributed by atoms with E-state index in [9.17, 15) is 13.0 Å². The van der Waals surface area contributed by atoms with Crippen molar-refractivity contribution in [3.8, 4) is 0 Å². The number of hydrogen-bond acceptors (Lipinski definition) is 1. The molecule has 0 amide bonds. The third-order valence-electron chi connectivity index (χ3n) is 2.56. The Kier molecular flexibility index (Phi) is 3.25. The highest BCUT2D eigenvalue weighted by Crippen LogP contribution is 2.39. The molecule has 3 N–H and O–H groups in total. The number of nitrogens with one attached hydrogen (secondary N) is 1. The van der Waals surface area contributed by atoms with E-state index in [4.69, 9.17) is 16.7 Å². The smallest absolute Gasteiger partial charge is 0.165 e. The molecule has 0 spiro atoms. The average molecular weight is 267 g/mol. The summed E-state index contributed by atoms with van der Waals surface area (Å²) in [6.07, 6.45) is -1.46. The summed E-state index contributed by atoms with van der Waals surface area (Å²) >= 11 is 4.00. The molecule has 0 heterocycles. The van der Waals surface area contributed by atoms with Gasteiger partial charge in [-0.25, -0.2) is 22.9 Å². The van der Waals surface area contributed by atoms with Gasteiger partial charge in [-0.2, -0.15) is 0 Å². The zero-order valence-corrected chi connectivity index (χ0v) is 9.62. The number of alkyl halides is 1. The van der Waals surface area contributed by atoms with Gasteiger partial charge in [-0.3, -0.25) is 0 Å². The zero-order valence-electron chi connectivity index (χ0n) is 8.04. The number of nitrogens with two attached hydrogens (primary N) is 1. The third kappa shape index (κ3) is 1.98. The second kappa shape index (κ2) is 4.37. The number of hydrogen-bond donors (Lipinski definition) is 2. The van der Waals surface area contributed by atoms with Gasteiger partial charge >= 0.3 is 0 Å². The van der Waals surface area contributed by atoms with Gasteiger partial charge in [-0.15, -0.1) is 0 Å². The maximum absolute atomic E-state index is 13.6. The van der Waals surface area contributed by atoms with E-state index in [1.165, 1.54) is 12.1 Å². The molecule has 7 heteroatoms. The van der Waals surface area contributed by atoms with Crippen molar-refractivity contribution in [3.63, 3.8) is 0 Å². The van der Waals surface area contributed by atoms with Gasteiger partial charge in [0.1, 0.15) is 12.0 Å². The normalized spacial score (nSPS) is 25.5. The van der Waals surface area contributed by atoms with E-state index in [0.717, 1.165) is 0 Å². The monoisotopic (exact) mass is 266 g/mol. The van der Waals surface area contributed by atoms with Crippen LogP contribution in [0.15, 0.2) is 12.1 Å². The Bertz CT molecular complexity index is 457. The van der Waals surface area contributed by atoms with Crippen molar-refractivity contribution in [2.24, 2.45) is 5.14 Å². The van der Waals surface area contributed by atoms with Gasteiger partial charge < -0.3 is 0 Å². The van der Waals surface area contributed by atoms with Crippen molar-refractivity contribution in [2.75, 3.05) is 0 Å². The van der Waals surface area contributed by atoms with Gasteiger partial charge in [-0.05, 0) is 23.3 Å². The van der Waals surface area contributed by atoms with Gasteiger partial charge in [0, 0.05) is 11.4 Å². The molecule has 0 fully saturated rings. The van der Waals surface area contributed by atoms with Crippen LogP contribution in [0.2, 0.25) is 5.02 Å². The van der Waals surface area contributed by atoms with Gasteiger partial charge in [0.15, 0.2) is 11.2 Å². The molecule has 2 rings (SSSR count). The van der Waals surface area contributed by atoms with E-state index in [-0.39, 0.29) is 17.0 Å². The standard InChI is InChI=1S/C9H9ClF2N2OS/c10-5-1-2-6(11)4-3-7(12)9(8(4)5)14-16(13)15/h1-2,7,9,14H,3,13H2/t7-,9?,16?/m1/s1. The second-order valence-electron chi connectivity index (χ2n) is 3.53. The Labute approximate surface area is 98.7 Å². The summed E-state index contributed by atoms with van der Waals surface area (Å²) in [5.41, 5.74) is 0.538. The molecule has 0 saturated carbocycles. The number of rotatable bonds is 2. The van der Waals surface area contributed by atoms with Gasteiger partial charge in [-0.1, -0.05) is 11.6 Å². The highest BCUT2D eigenvalue weighted by molar-refractivity contribution is 7.80. The summed E-state index contributed by atoms with van der Waals surface area (Å²) in [6.45, 7) is 0.